The molecule has 5 aromatic rings. The lowest BCUT2D eigenvalue weighted by atomic mass is 9.82. The highest BCUT2D eigenvalue weighted by molar-refractivity contribution is 5.79. The van der Waals surface area contributed by atoms with Crippen LogP contribution in [0, 0.1) is 17.0 Å². The van der Waals surface area contributed by atoms with E-state index in [-0.39, 0.29) is 36.8 Å². The molecule has 1 aromatic heterocycles. The van der Waals surface area contributed by atoms with Crippen molar-refractivity contribution in [3.05, 3.63) is 156 Å². The Morgan fingerprint density at radius 3 is 2.15 bits per heavy atom. The van der Waals surface area contributed by atoms with Gasteiger partial charge in [0.15, 0.2) is 0 Å². The molecule has 1 heterocycles. The summed E-state index contributed by atoms with van der Waals surface area (Å²) in [5.41, 5.74) is 5.70. The number of aliphatic hydroxyl groups is 2. The minimum absolute atomic E-state index is 0.0184. The Balaban J connectivity index is 1.25. The number of amides is 2. The second-order valence-corrected chi connectivity index (χ2v) is 14.7. The number of aromatic nitrogens is 1. The molecule has 6 rings (SSSR count). The van der Waals surface area contributed by atoms with Gasteiger partial charge in [-0.05, 0) is 63.9 Å². The van der Waals surface area contributed by atoms with Crippen molar-refractivity contribution in [2.75, 3.05) is 19.8 Å². The Kier molecular flexibility index (Phi) is 11.3. The van der Waals surface area contributed by atoms with E-state index in [4.69, 9.17) is 4.74 Å². The second kappa shape index (κ2) is 16.1. The summed E-state index contributed by atoms with van der Waals surface area (Å²) in [7, 11) is 0. The number of ether oxygens (including phenoxy) is 1. The fourth-order valence-electron chi connectivity index (χ4n) is 7.47. The summed E-state index contributed by atoms with van der Waals surface area (Å²) in [4.78, 5) is 28.4. The Labute approximate surface area is 314 Å². The lowest BCUT2D eigenvalue weighted by Crippen LogP contribution is -2.46. The number of carbonyl (C=O) groups excluding carboxylic acids is 2. The van der Waals surface area contributed by atoms with Crippen molar-refractivity contribution in [3.63, 3.8) is 0 Å². The van der Waals surface area contributed by atoms with Crippen molar-refractivity contribution in [2.24, 2.45) is 5.41 Å². The quantitative estimate of drug-likeness (QED) is 0.105. The van der Waals surface area contributed by atoms with Gasteiger partial charge in [0.25, 0.3) is 0 Å². The number of hydrogen-bond donors (Lipinski definition) is 3. The van der Waals surface area contributed by atoms with E-state index in [9.17, 15) is 24.2 Å². The van der Waals surface area contributed by atoms with E-state index >= 15 is 4.39 Å². The predicted molar refractivity (Wildman–Crippen MR) is 205 cm³/mol. The van der Waals surface area contributed by atoms with E-state index in [0.29, 0.717) is 17.8 Å². The molecule has 0 spiro atoms. The van der Waals surface area contributed by atoms with Gasteiger partial charge in [0, 0.05) is 42.0 Å². The predicted octanol–water partition coefficient (Wildman–Crippen LogP) is 8.76. The van der Waals surface area contributed by atoms with Crippen LogP contribution in [-0.2, 0) is 16.1 Å². The zero-order chi connectivity index (χ0) is 38.6. The molecule has 280 valence electrons. The monoisotopic (exact) mass is 733 g/mol. The molecule has 8 nitrogen and oxygen atoms in total. The van der Waals surface area contributed by atoms with Gasteiger partial charge in [-0.3, -0.25) is 4.79 Å². The summed E-state index contributed by atoms with van der Waals surface area (Å²) < 4.78 is 37.1. The van der Waals surface area contributed by atoms with E-state index in [2.05, 4.69) is 11.9 Å². The zero-order valence-corrected chi connectivity index (χ0v) is 30.6. The molecule has 0 fully saturated rings. The number of hydrogen-bond acceptors (Lipinski definition) is 5. The van der Waals surface area contributed by atoms with E-state index in [1.807, 2.05) is 104 Å². The van der Waals surface area contributed by atoms with Gasteiger partial charge in [-0.2, -0.15) is 0 Å². The van der Waals surface area contributed by atoms with Crippen molar-refractivity contribution >= 4 is 12.0 Å². The van der Waals surface area contributed by atoms with Crippen LogP contribution in [0.25, 0.3) is 22.3 Å². The first-order chi connectivity index (χ1) is 25.8. The number of aliphatic hydroxyl groups excluding tert-OH is 2. The molecule has 0 saturated carbocycles. The summed E-state index contributed by atoms with van der Waals surface area (Å²) >= 11 is 0. The third kappa shape index (κ3) is 8.24. The summed E-state index contributed by atoms with van der Waals surface area (Å²) in [5, 5.41) is 23.5. The number of rotatable bonds is 13. The fourth-order valence-corrected chi connectivity index (χ4v) is 7.47. The van der Waals surface area contributed by atoms with Gasteiger partial charge in [0.1, 0.15) is 30.6 Å². The first-order valence-corrected chi connectivity index (χ1v) is 17.9. The van der Waals surface area contributed by atoms with E-state index in [0.717, 1.165) is 46.0 Å². The molecular weight excluding hydrogens is 688 g/mol. The Morgan fingerprint density at radius 1 is 0.907 bits per heavy atom. The maximum Gasteiger partial charge on any atom is 0.407 e. The molecule has 10 heteroatoms. The van der Waals surface area contributed by atoms with Gasteiger partial charge in [-0.25, -0.2) is 13.6 Å². The topological polar surface area (TPSA) is 104 Å². The fraction of sp³-hybridized carbons (Fsp3) is 0.273. The number of alkyl carbamates (subject to hydrolysis) is 1. The first kappa shape index (κ1) is 38.0. The molecule has 2 atom stereocenters. The number of fused-ring (bicyclic) bond motifs is 3. The van der Waals surface area contributed by atoms with Crippen molar-refractivity contribution in [3.8, 4) is 22.3 Å². The molecule has 54 heavy (non-hydrogen) atoms. The third-order valence-electron chi connectivity index (χ3n) is 9.93. The Bertz CT molecular complexity index is 2100. The zero-order valence-electron chi connectivity index (χ0n) is 30.6. The molecular formula is C44H45F2N3O5. The molecule has 0 saturated heterocycles. The van der Waals surface area contributed by atoms with Crippen LogP contribution in [0.4, 0.5) is 13.6 Å². The van der Waals surface area contributed by atoms with Crippen LogP contribution in [0.2, 0.25) is 0 Å². The normalized spacial score (nSPS) is 13.4. The summed E-state index contributed by atoms with van der Waals surface area (Å²) in [6, 6.07) is 28.9. The molecule has 0 aliphatic heterocycles. The summed E-state index contributed by atoms with van der Waals surface area (Å²) in [6.45, 7) is 9.10. The number of benzene rings is 4. The van der Waals surface area contributed by atoms with Crippen LogP contribution in [0.1, 0.15) is 61.5 Å². The second-order valence-electron chi connectivity index (χ2n) is 14.7. The van der Waals surface area contributed by atoms with Gasteiger partial charge in [0.05, 0.1) is 12.1 Å². The van der Waals surface area contributed by atoms with Crippen LogP contribution >= 0.6 is 0 Å². The smallest absolute Gasteiger partial charge is 0.407 e. The van der Waals surface area contributed by atoms with E-state index in [1.54, 1.807) is 12.3 Å². The van der Waals surface area contributed by atoms with Crippen LogP contribution < -0.4 is 5.32 Å². The molecule has 1 aliphatic rings. The van der Waals surface area contributed by atoms with E-state index < -0.39 is 47.7 Å². The lowest BCUT2D eigenvalue weighted by Gasteiger charge is -2.41. The van der Waals surface area contributed by atoms with Gasteiger partial charge in [-0.15, -0.1) is 0 Å². The van der Waals surface area contributed by atoms with Crippen LogP contribution in [0.3, 0.4) is 0 Å². The Morgan fingerprint density at radius 2 is 1.54 bits per heavy atom. The SMILES string of the molecule is C=C(O)C(CCN(C(=O)CO)C(c1cc(-c2cc(F)ccc2F)cn1Cc1ccccc1)C(C)(C)C)NC(=O)OCC1c2ccccc2-c2ccccc21. The summed E-state index contributed by atoms with van der Waals surface area (Å²) in [5.74, 6) is -2.28. The minimum Gasteiger partial charge on any atom is -0.511 e. The molecule has 1 aliphatic carbocycles. The standard InChI is InChI=1S/C44H45F2N3O5/c1-28(51)39(47-43(53)54-27-37-34-16-10-8-14-32(34)33-15-9-11-17-35(33)37)20-21-49(41(52)26-50)42(44(2,3)4)40-22-30(36-23-31(45)18-19-38(36)46)25-48(40)24-29-12-6-5-7-13-29/h5-19,22-23,25,37,39,42,50-51H,1,20-21,24,26-27H2,2-4H3,(H,47,53). The molecule has 0 bridgehead atoms. The van der Waals surface area contributed by atoms with Gasteiger partial charge in [-0.1, -0.05) is 106 Å². The van der Waals surface area contributed by atoms with Crippen LogP contribution in [0.5, 0.6) is 0 Å². The highest BCUT2D eigenvalue weighted by Crippen LogP contribution is 2.45. The van der Waals surface area contributed by atoms with Gasteiger partial charge >= 0.3 is 6.09 Å². The van der Waals surface area contributed by atoms with Crippen molar-refractivity contribution in [1.82, 2.24) is 14.8 Å². The van der Waals surface area contributed by atoms with Crippen molar-refractivity contribution in [1.29, 1.82) is 0 Å². The van der Waals surface area contributed by atoms with Crippen molar-refractivity contribution < 1.29 is 33.3 Å². The first-order valence-electron chi connectivity index (χ1n) is 17.9. The molecule has 3 N–H and O–H groups in total. The maximum atomic E-state index is 15.1. The van der Waals surface area contributed by atoms with E-state index in [1.165, 1.54) is 4.90 Å². The van der Waals surface area contributed by atoms with Crippen LogP contribution in [-0.4, -0.2) is 57.5 Å². The largest absolute Gasteiger partial charge is 0.511 e. The number of halogens is 2. The highest BCUT2D eigenvalue weighted by Gasteiger charge is 2.38. The maximum absolute atomic E-state index is 15.1. The Hall–Kier alpha value is -5.74. The number of nitrogens with zero attached hydrogens (tertiary/aromatic N) is 2. The van der Waals surface area contributed by atoms with Gasteiger partial charge in [0.2, 0.25) is 5.91 Å². The third-order valence-corrected chi connectivity index (χ3v) is 9.93. The van der Waals surface area contributed by atoms with Crippen LogP contribution in [0.15, 0.2) is 122 Å². The summed E-state index contributed by atoms with van der Waals surface area (Å²) in [6.07, 6.45) is 1.00. The number of nitrogens with one attached hydrogen (secondary N) is 1. The van der Waals surface area contributed by atoms with Crippen molar-refractivity contribution in [2.45, 2.75) is 51.7 Å². The van der Waals surface area contributed by atoms with Gasteiger partial charge < -0.3 is 29.7 Å². The molecule has 0 radical (unpaired) electrons. The molecule has 4 aromatic carbocycles. The lowest BCUT2D eigenvalue weighted by molar-refractivity contribution is -0.139. The number of carbonyl (C=O) groups is 2. The molecule has 2 amide bonds. The average molecular weight is 734 g/mol. The average Bonchev–Trinajstić information content (AvgIpc) is 3.70. The molecule has 2 unspecified atom stereocenters. The minimum atomic E-state index is -0.997. The highest BCUT2D eigenvalue weighted by atomic mass is 19.1.